The van der Waals surface area contributed by atoms with Gasteiger partial charge in [0.1, 0.15) is 10.3 Å². The Labute approximate surface area is 107 Å². The summed E-state index contributed by atoms with van der Waals surface area (Å²) in [6, 6.07) is 0. The van der Waals surface area contributed by atoms with Crippen LogP contribution in [0.1, 0.15) is 19.3 Å². The molecule has 6 nitrogen and oxygen atoms in total. The van der Waals surface area contributed by atoms with Crippen LogP contribution in [0.5, 0.6) is 0 Å². The molecule has 7 heteroatoms. The van der Waals surface area contributed by atoms with Crippen molar-refractivity contribution in [2.24, 2.45) is 11.7 Å². The zero-order valence-electron chi connectivity index (χ0n) is 10.3. The van der Waals surface area contributed by atoms with Crippen LogP contribution in [0.2, 0.25) is 0 Å². The van der Waals surface area contributed by atoms with E-state index in [1.165, 1.54) is 7.11 Å². The zero-order valence-corrected chi connectivity index (χ0v) is 11.1. The van der Waals surface area contributed by atoms with Gasteiger partial charge in [-0.15, -0.1) is 6.58 Å². The summed E-state index contributed by atoms with van der Waals surface area (Å²) in [5, 5.41) is 0. The molecule has 2 aliphatic carbocycles. The van der Waals surface area contributed by atoms with Crippen molar-refractivity contribution in [2.45, 2.75) is 29.5 Å². The Morgan fingerprint density at radius 3 is 2.61 bits per heavy atom. The highest BCUT2D eigenvalue weighted by Gasteiger charge is 2.60. The third-order valence-corrected chi connectivity index (χ3v) is 5.90. The molecule has 0 aromatic heterocycles. The van der Waals surface area contributed by atoms with E-state index in [1.54, 1.807) is 6.08 Å². The summed E-state index contributed by atoms with van der Waals surface area (Å²) in [5.74, 6) is -0.792. The van der Waals surface area contributed by atoms with Crippen LogP contribution < -0.4 is 10.5 Å². The van der Waals surface area contributed by atoms with Crippen molar-refractivity contribution in [1.82, 2.24) is 4.72 Å². The van der Waals surface area contributed by atoms with Gasteiger partial charge in [0, 0.05) is 13.0 Å². The number of carbonyl (C=O) groups excluding carboxylic acids is 1. The van der Waals surface area contributed by atoms with E-state index >= 15 is 0 Å². The van der Waals surface area contributed by atoms with E-state index in [9.17, 15) is 13.2 Å². The van der Waals surface area contributed by atoms with Gasteiger partial charge in [-0.05, 0) is 19.3 Å². The predicted molar refractivity (Wildman–Crippen MR) is 66.1 cm³/mol. The second kappa shape index (κ2) is 4.04. The average molecular weight is 274 g/mol. The summed E-state index contributed by atoms with van der Waals surface area (Å²) in [5.41, 5.74) is 4.70. The lowest BCUT2D eigenvalue weighted by molar-refractivity contribution is -0.121. The van der Waals surface area contributed by atoms with E-state index in [2.05, 4.69) is 11.3 Å². The van der Waals surface area contributed by atoms with Gasteiger partial charge < -0.3 is 10.5 Å². The Balaban J connectivity index is 2.06. The Bertz CT molecular complexity index is 483. The lowest BCUT2D eigenvalue weighted by Gasteiger charge is -2.18. The van der Waals surface area contributed by atoms with Gasteiger partial charge in [0.15, 0.2) is 0 Å². The van der Waals surface area contributed by atoms with Crippen molar-refractivity contribution in [3.05, 3.63) is 12.7 Å². The maximum atomic E-state index is 12.1. The number of carbonyl (C=O) groups is 1. The van der Waals surface area contributed by atoms with Gasteiger partial charge in [0.05, 0.1) is 6.61 Å². The van der Waals surface area contributed by atoms with Gasteiger partial charge >= 0.3 is 0 Å². The molecule has 0 spiro atoms. The number of ether oxygens (including phenoxy) is 1. The van der Waals surface area contributed by atoms with Crippen LogP contribution in [0.4, 0.5) is 0 Å². The van der Waals surface area contributed by atoms with E-state index < -0.39 is 26.2 Å². The third kappa shape index (κ3) is 1.96. The first-order valence-corrected chi connectivity index (χ1v) is 7.27. The Morgan fingerprint density at radius 1 is 1.61 bits per heavy atom. The molecule has 2 saturated carbocycles. The van der Waals surface area contributed by atoms with Crippen LogP contribution in [0.3, 0.4) is 0 Å². The third-order valence-electron chi connectivity index (χ3n) is 3.78. The summed E-state index contributed by atoms with van der Waals surface area (Å²) >= 11 is 0. The Kier molecular flexibility index (Phi) is 3.03. The topological polar surface area (TPSA) is 98.5 Å². The lowest BCUT2D eigenvalue weighted by atomic mass is 10.2. The van der Waals surface area contributed by atoms with E-state index in [1.807, 2.05) is 0 Å². The Hall–Kier alpha value is -0.920. The molecule has 1 unspecified atom stereocenters. The van der Waals surface area contributed by atoms with Crippen LogP contribution in [0.25, 0.3) is 0 Å². The maximum absolute atomic E-state index is 12.1. The number of methoxy groups -OCH3 is 1. The van der Waals surface area contributed by atoms with Crippen molar-refractivity contribution < 1.29 is 17.9 Å². The molecule has 0 aromatic carbocycles. The van der Waals surface area contributed by atoms with Crippen molar-refractivity contribution in [1.29, 1.82) is 0 Å². The first kappa shape index (κ1) is 13.5. The summed E-state index contributed by atoms with van der Waals surface area (Å²) < 4.78 is 30.2. The molecule has 2 rings (SSSR count). The molecule has 0 radical (unpaired) electrons. The molecule has 18 heavy (non-hydrogen) atoms. The van der Waals surface area contributed by atoms with Crippen LogP contribution in [-0.2, 0) is 19.6 Å². The van der Waals surface area contributed by atoms with Gasteiger partial charge in [-0.2, -0.15) is 0 Å². The van der Waals surface area contributed by atoms with Crippen LogP contribution in [0, 0.1) is 5.92 Å². The van der Waals surface area contributed by atoms with Gasteiger partial charge in [-0.1, -0.05) is 6.08 Å². The number of nitrogens with one attached hydrogen (secondary N) is 1. The van der Waals surface area contributed by atoms with Gasteiger partial charge in [-0.25, -0.2) is 8.42 Å². The van der Waals surface area contributed by atoms with Gasteiger partial charge in [0.2, 0.25) is 10.0 Å². The molecule has 2 atom stereocenters. The van der Waals surface area contributed by atoms with Crippen LogP contribution in [0.15, 0.2) is 12.7 Å². The largest absolute Gasteiger partial charge is 0.383 e. The number of hydrogen-bond donors (Lipinski definition) is 2. The minimum atomic E-state index is -3.72. The zero-order chi connectivity index (χ0) is 13.6. The summed E-state index contributed by atoms with van der Waals surface area (Å²) in [7, 11) is -2.28. The summed E-state index contributed by atoms with van der Waals surface area (Å²) in [6.45, 7) is 3.65. The molecule has 102 valence electrons. The van der Waals surface area contributed by atoms with Crippen molar-refractivity contribution in [3.8, 4) is 0 Å². The second-order valence-electron chi connectivity index (χ2n) is 5.14. The fraction of sp³-hybridized carbons (Fsp3) is 0.727. The first-order chi connectivity index (χ1) is 8.31. The van der Waals surface area contributed by atoms with E-state index in [0.29, 0.717) is 19.3 Å². The monoisotopic (exact) mass is 274 g/mol. The number of nitrogens with two attached hydrogens (primary N) is 1. The minimum Gasteiger partial charge on any atom is -0.383 e. The highest BCUT2D eigenvalue weighted by molar-refractivity contribution is 7.91. The number of amides is 1. The van der Waals surface area contributed by atoms with Crippen molar-refractivity contribution in [2.75, 3.05) is 13.7 Å². The van der Waals surface area contributed by atoms with E-state index in [-0.39, 0.29) is 12.5 Å². The highest BCUT2D eigenvalue weighted by atomic mass is 32.2. The minimum absolute atomic E-state index is 0.0953. The van der Waals surface area contributed by atoms with Crippen molar-refractivity contribution in [3.63, 3.8) is 0 Å². The molecular weight excluding hydrogens is 256 g/mol. The van der Waals surface area contributed by atoms with Gasteiger partial charge in [-0.3, -0.25) is 9.52 Å². The molecule has 0 bridgehead atoms. The first-order valence-electron chi connectivity index (χ1n) is 5.78. The average Bonchev–Trinajstić information content (AvgIpc) is 3.15. The fourth-order valence-electron chi connectivity index (χ4n) is 2.08. The molecule has 0 saturated heterocycles. The standard InChI is InChI=1S/C11H18N2O4S/c1-3-8-6-11(8,12)9(14)13-18(15,16)10(4-5-10)7-17-2/h3,8H,1,4-7,12H2,2H3,(H,13,14)/t8?,11-/m1/s1. The molecule has 3 N–H and O–H groups in total. The SMILES string of the molecule is C=CC1C[C@]1(N)C(=O)NS(=O)(=O)C1(COC)CC1. The maximum Gasteiger partial charge on any atom is 0.254 e. The summed E-state index contributed by atoms with van der Waals surface area (Å²) in [4.78, 5) is 11.9. The number of rotatable bonds is 6. The van der Waals surface area contributed by atoms with Crippen molar-refractivity contribution >= 4 is 15.9 Å². The fourth-order valence-corrected chi connectivity index (χ4v) is 3.64. The molecule has 2 fully saturated rings. The van der Waals surface area contributed by atoms with Gasteiger partial charge in [0.25, 0.3) is 5.91 Å². The molecule has 0 aromatic rings. The smallest absolute Gasteiger partial charge is 0.254 e. The second-order valence-corrected chi connectivity index (χ2v) is 7.21. The van der Waals surface area contributed by atoms with Crippen LogP contribution in [-0.4, -0.2) is 38.3 Å². The van der Waals surface area contributed by atoms with Crippen LogP contribution >= 0.6 is 0 Å². The van der Waals surface area contributed by atoms with E-state index in [4.69, 9.17) is 10.5 Å². The molecule has 1 amide bonds. The number of hydrogen-bond acceptors (Lipinski definition) is 5. The Morgan fingerprint density at radius 2 is 2.22 bits per heavy atom. The molecular formula is C11H18N2O4S. The lowest BCUT2D eigenvalue weighted by Crippen LogP contribution is -2.50. The predicted octanol–water partition coefficient (Wildman–Crippen LogP) is -0.485. The summed E-state index contributed by atoms with van der Waals surface area (Å²) in [6.07, 6.45) is 3.03. The highest BCUT2D eigenvalue weighted by Crippen LogP contribution is 2.45. The molecule has 2 aliphatic rings. The van der Waals surface area contributed by atoms with E-state index in [0.717, 1.165) is 0 Å². The molecule has 0 aliphatic heterocycles. The molecule has 0 heterocycles. The quantitative estimate of drug-likeness (QED) is 0.637. The number of sulfonamides is 1. The normalized spacial score (nSPS) is 32.7.